The van der Waals surface area contributed by atoms with Gasteiger partial charge in [0.05, 0.1) is 5.92 Å². The van der Waals surface area contributed by atoms with Crippen LogP contribution in [-0.2, 0) is 4.79 Å². The third-order valence-corrected chi connectivity index (χ3v) is 6.52. The molecule has 4 atom stereocenters. The van der Waals surface area contributed by atoms with Crippen molar-refractivity contribution < 1.29 is 4.79 Å². The second kappa shape index (κ2) is 8.12. The number of fused-ring (bicyclic) bond motifs is 1. The molecular formula is C23H36N2O. The molecule has 2 aliphatic rings. The fourth-order valence-corrected chi connectivity index (χ4v) is 4.86. The van der Waals surface area contributed by atoms with Crippen LogP contribution in [0.25, 0.3) is 0 Å². The Kier molecular flexibility index (Phi) is 6.06. The van der Waals surface area contributed by atoms with Crippen LogP contribution in [0, 0.1) is 11.8 Å². The smallest absolute Gasteiger partial charge is 0.234 e. The molecule has 0 spiro atoms. The Morgan fingerprint density at radius 3 is 2.54 bits per heavy atom. The van der Waals surface area contributed by atoms with Gasteiger partial charge in [-0.1, -0.05) is 45.9 Å². The van der Waals surface area contributed by atoms with Crippen LogP contribution in [-0.4, -0.2) is 36.0 Å². The third kappa shape index (κ3) is 3.69. The Labute approximate surface area is 159 Å². The molecule has 2 aliphatic heterocycles. The van der Waals surface area contributed by atoms with Crippen LogP contribution in [0.1, 0.15) is 71.8 Å². The van der Waals surface area contributed by atoms with Gasteiger partial charge in [-0.25, -0.2) is 0 Å². The van der Waals surface area contributed by atoms with Crippen molar-refractivity contribution in [2.45, 2.75) is 78.3 Å². The zero-order valence-corrected chi connectivity index (χ0v) is 17.2. The Morgan fingerprint density at radius 2 is 1.88 bits per heavy atom. The van der Waals surface area contributed by atoms with Gasteiger partial charge in [0.25, 0.3) is 0 Å². The highest BCUT2D eigenvalue weighted by Gasteiger charge is 2.42. The first-order valence-corrected chi connectivity index (χ1v) is 10.6. The molecule has 0 saturated carbocycles. The molecule has 0 aliphatic carbocycles. The van der Waals surface area contributed by atoms with Gasteiger partial charge in [0.1, 0.15) is 0 Å². The van der Waals surface area contributed by atoms with Crippen molar-refractivity contribution in [1.82, 2.24) is 4.90 Å². The van der Waals surface area contributed by atoms with E-state index in [2.05, 4.69) is 68.7 Å². The van der Waals surface area contributed by atoms with Crippen molar-refractivity contribution in [3.63, 3.8) is 0 Å². The van der Waals surface area contributed by atoms with Crippen LogP contribution >= 0.6 is 0 Å². The van der Waals surface area contributed by atoms with E-state index in [0.717, 1.165) is 31.8 Å². The van der Waals surface area contributed by atoms with Crippen molar-refractivity contribution in [2.24, 2.45) is 11.8 Å². The molecule has 0 N–H and O–H groups in total. The second-order valence-electron chi connectivity index (χ2n) is 8.88. The lowest BCUT2D eigenvalue weighted by Crippen LogP contribution is -2.53. The summed E-state index contributed by atoms with van der Waals surface area (Å²) in [5.74, 6) is 1.67. The molecule has 0 bridgehead atoms. The van der Waals surface area contributed by atoms with Crippen LogP contribution in [0.15, 0.2) is 24.3 Å². The minimum atomic E-state index is 0.0568. The van der Waals surface area contributed by atoms with E-state index in [9.17, 15) is 4.79 Å². The summed E-state index contributed by atoms with van der Waals surface area (Å²) >= 11 is 0. The normalized spacial score (nSPS) is 27.8. The van der Waals surface area contributed by atoms with Gasteiger partial charge in [0.15, 0.2) is 0 Å². The van der Waals surface area contributed by atoms with Gasteiger partial charge in [0.2, 0.25) is 5.91 Å². The summed E-state index contributed by atoms with van der Waals surface area (Å²) in [5, 5.41) is 0. The molecular weight excluding hydrogens is 320 g/mol. The number of hydrogen-bond donors (Lipinski definition) is 0. The largest absolute Gasteiger partial charge is 0.308 e. The number of anilines is 1. The van der Waals surface area contributed by atoms with Gasteiger partial charge < -0.3 is 9.80 Å². The number of nitrogens with zero attached hydrogens (tertiary/aromatic N) is 2. The fraction of sp³-hybridized carbons (Fsp3) is 0.696. The second-order valence-corrected chi connectivity index (χ2v) is 8.88. The van der Waals surface area contributed by atoms with E-state index < -0.39 is 0 Å². The predicted octanol–water partition coefficient (Wildman–Crippen LogP) is 5.06. The highest BCUT2D eigenvalue weighted by atomic mass is 16.2. The fourth-order valence-electron chi connectivity index (χ4n) is 4.86. The molecule has 0 radical (unpaired) electrons. The quantitative estimate of drug-likeness (QED) is 0.711. The summed E-state index contributed by atoms with van der Waals surface area (Å²) in [6.45, 7) is 13.7. The van der Waals surface area contributed by atoms with Crippen molar-refractivity contribution in [1.29, 1.82) is 0 Å². The highest BCUT2D eigenvalue weighted by Crippen LogP contribution is 2.42. The molecule has 3 heteroatoms. The SMILES string of the molecule is CCC1C(=O)N(C2CCN(C(C)CCC(C)C)CC2C)c2ccccc21. The lowest BCUT2D eigenvalue weighted by Gasteiger charge is -2.44. The average molecular weight is 357 g/mol. The Bertz CT molecular complexity index is 626. The van der Waals surface area contributed by atoms with Crippen molar-refractivity contribution in [2.75, 3.05) is 18.0 Å². The number of carbonyl (C=O) groups excluding carboxylic acids is 1. The number of piperidine rings is 1. The molecule has 1 fully saturated rings. The van der Waals surface area contributed by atoms with Crippen LogP contribution in [0.5, 0.6) is 0 Å². The van der Waals surface area contributed by atoms with Gasteiger partial charge in [0, 0.05) is 30.9 Å². The maximum absolute atomic E-state index is 13.1. The maximum atomic E-state index is 13.1. The first kappa shape index (κ1) is 19.4. The summed E-state index contributed by atoms with van der Waals surface area (Å²) in [5.41, 5.74) is 2.41. The molecule has 3 rings (SSSR count). The summed E-state index contributed by atoms with van der Waals surface area (Å²) in [6.07, 6.45) is 4.56. The number of rotatable bonds is 6. The predicted molar refractivity (Wildman–Crippen MR) is 110 cm³/mol. The zero-order chi connectivity index (χ0) is 18.8. The van der Waals surface area contributed by atoms with E-state index in [0.29, 0.717) is 23.9 Å². The van der Waals surface area contributed by atoms with Gasteiger partial charge in [-0.3, -0.25) is 4.79 Å². The molecule has 2 heterocycles. The van der Waals surface area contributed by atoms with Crippen molar-refractivity contribution in [3.05, 3.63) is 29.8 Å². The van der Waals surface area contributed by atoms with E-state index in [-0.39, 0.29) is 5.92 Å². The van der Waals surface area contributed by atoms with Crippen molar-refractivity contribution in [3.8, 4) is 0 Å². The van der Waals surface area contributed by atoms with E-state index in [4.69, 9.17) is 0 Å². The van der Waals surface area contributed by atoms with Gasteiger partial charge >= 0.3 is 0 Å². The molecule has 1 amide bonds. The van der Waals surface area contributed by atoms with E-state index in [1.54, 1.807) is 0 Å². The highest BCUT2D eigenvalue weighted by molar-refractivity contribution is 6.05. The van der Waals surface area contributed by atoms with Gasteiger partial charge in [-0.05, 0) is 56.1 Å². The average Bonchev–Trinajstić information content (AvgIpc) is 2.90. The Balaban J connectivity index is 1.71. The number of likely N-dealkylation sites (tertiary alicyclic amines) is 1. The molecule has 1 aromatic rings. The van der Waals surface area contributed by atoms with Crippen LogP contribution in [0.3, 0.4) is 0 Å². The summed E-state index contributed by atoms with van der Waals surface area (Å²) in [7, 11) is 0. The number of carbonyl (C=O) groups is 1. The summed E-state index contributed by atoms with van der Waals surface area (Å²) in [4.78, 5) is 17.9. The first-order chi connectivity index (χ1) is 12.4. The molecule has 1 saturated heterocycles. The third-order valence-electron chi connectivity index (χ3n) is 6.52. The van der Waals surface area contributed by atoms with Gasteiger partial charge in [-0.2, -0.15) is 0 Å². The molecule has 26 heavy (non-hydrogen) atoms. The molecule has 1 aromatic carbocycles. The first-order valence-electron chi connectivity index (χ1n) is 10.6. The van der Waals surface area contributed by atoms with E-state index >= 15 is 0 Å². The molecule has 4 unspecified atom stereocenters. The minimum absolute atomic E-state index is 0.0568. The monoisotopic (exact) mass is 356 g/mol. The molecule has 144 valence electrons. The lowest BCUT2D eigenvalue weighted by atomic mass is 9.90. The standard InChI is InChI=1S/C23H36N2O/c1-6-19-20-9-7-8-10-22(20)25(23(19)26)21-13-14-24(15-17(21)4)18(5)12-11-16(2)3/h7-10,16-19,21H,6,11-15H2,1-5H3. The number of benzene rings is 1. The summed E-state index contributed by atoms with van der Waals surface area (Å²) in [6, 6.07) is 9.42. The topological polar surface area (TPSA) is 23.6 Å². The van der Waals surface area contributed by atoms with Gasteiger partial charge in [-0.15, -0.1) is 0 Å². The molecule has 0 aromatic heterocycles. The number of amides is 1. The number of para-hydroxylation sites is 1. The lowest BCUT2D eigenvalue weighted by molar-refractivity contribution is -0.120. The zero-order valence-electron chi connectivity index (χ0n) is 17.2. The van der Waals surface area contributed by atoms with E-state index in [1.165, 1.54) is 24.1 Å². The molecule has 3 nitrogen and oxygen atoms in total. The minimum Gasteiger partial charge on any atom is -0.308 e. The Morgan fingerprint density at radius 1 is 1.15 bits per heavy atom. The maximum Gasteiger partial charge on any atom is 0.234 e. The van der Waals surface area contributed by atoms with Crippen LogP contribution in [0.4, 0.5) is 5.69 Å². The number of hydrogen-bond acceptors (Lipinski definition) is 2. The van der Waals surface area contributed by atoms with Crippen LogP contribution < -0.4 is 4.90 Å². The summed E-state index contributed by atoms with van der Waals surface area (Å²) < 4.78 is 0. The van der Waals surface area contributed by atoms with E-state index in [1.807, 2.05) is 0 Å². The van der Waals surface area contributed by atoms with Crippen LogP contribution in [0.2, 0.25) is 0 Å². The Hall–Kier alpha value is -1.35. The van der Waals surface area contributed by atoms with Crippen molar-refractivity contribution >= 4 is 11.6 Å².